The average Bonchev–Trinajstić information content (AvgIpc) is 2.77. The first-order valence-electron chi connectivity index (χ1n) is 12.8. The Balaban J connectivity index is 0.0000102. The molecule has 1 aromatic carbocycles. The summed E-state index contributed by atoms with van der Waals surface area (Å²) in [6.45, 7) is 2.26. The summed E-state index contributed by atoms with van der Waals surface area (Å²) in [5, 5.41) is 23.2. The van der Waals surface area contributed by atoms with E-state index in [1.807, 2.05) is 0 Å². The van der Waals surface area contributed by atoms with E-state index < -0.39 is 12.0 Å². The first kappa shape index (κ1) is 32.0. The van der Waals surface area contributed by atoms with E-state index in [9.17, 15) is 19.8 Å². The quantitative estimate of drug-likeness (QED) is 0.227. The molecule has 2 N–H and O–H groups in total. The number of nitrogens with one attached hydrogen (secondary N) is 1. The van der Waals surface area contributed by atoms with Crippen molar-refractivity contribution >= 4 is 11.9 Å². The van der Waals surface area contributed by atoms with Crippen molar-refractivity contribution in [2.24, 2.45) is 0 Å². The van der Waals surface area contributed by atoms with Crippen LogP contribution in [0.5, 0.6) is 5.75 Å². The number of carbonyl (C=O) groups excluding carboxylic acids is 2. The van der Waals surface area contributed by atoms with Crippen LogP contribution in [0.15, 0.2) is 24.3 Å². The summed E-state index contributed by atoms with van der Waals surface area (Å²) >= 11 is 0. The number of aliphatic carboxylic acids is 1. The van der Waals surface area contributed by atoms with E-state index in [0.29, 0.717) is 6.42 Å². The zero-order valence-corrected chi connectivity index (χ0v) is 23.1. The molecule has 0 spiro atoms. The number of carboxylic acid groups (broad SMARTS) is 1. The van der Waals surface area contributed by atoms with Crippen LogP contribution in [0.4, 0.5) is 0 Å². The van der Waals surface area contributed by atoms with Crippen molar-refractivity contribution < 1.29 is 49.4 Å². The molecule has 1 rings (SSSR count). The number of benzene rings is 1. The maximum absolute atomic E-state index is 12.1. The molecule has 0 saturated heterocycles. The van der Waals surface area contributed by atoms with Gasteiger partial charge in [-0.2, -0.15) is 0 Å². The van der Waals surface area contributed by atoms with E-state index in [1.54, 1.807) is 12.1 Å². The molecule has 0 unspecified atom stereocenters. The van der Waals surface area contributed by atoms with Crippen LogP contribution < -0.4 is 40.0 Å². The molecular formula is C27H44NNaO4. The zero-order valence-electron chi connectivity index (χ0n) is 21.1. The summed E-state index contributed by atoms with van der Waals surface area (Å²) in [4.78, 5) is 23.4. The number of hydrogen-bond acceptors (Lipinski definition) is 4. The van der Waals surface area contributed by atoms with Crippen molar-refractivity contribution in [3.8, 4) is 5.75 Å². The topological polar surface area (TPSA) is 89.5 Å². The number of unbranched alkanes of at least 4 members (excludes halogenated alkanes) is 14. The number of rotatable bonds is 20. The van der Waals surface area contributed by atoms with Gasteiger partial charge in [-0.3, -0.25) is 4.79 Å². The van der Waals surface area contributed by atoms with Gasteiger partial charge in [-0.1, -0.05) is 109 Å². The molecule has 0 aliphatic heterocycles. The van der Waals surface area contributed by atoms with Crippen molar-refractivity contribution in [2.45, 2.75) is 122 Å². The maximum Gasteiger partial charge on any atom is 1.00 e. The van der Waals surface area contributed by atoms with Gasteiger partial charge < -0.3 is 20.3 Å². The Morgan fingerprint density at radius 1 is 0.788 bits per heavy atom. The predicted octanol–water partition coefficient (Wildman–Crippen LogP) is 2.43. The Bertz CT molecular complexity index is 621. The smallest absolute Gasteiger partial charge is 0.548 e. The summed E-state index contributed by atoms with van der Waals surface area (Å²) in [6.07, 6.45) is 19.5. The second-order valence-electron chi connectivity index (χ2n) is 9.01. The standard InChI is InChI=1S/C27H45NO4.Na/c1-2-3-4-5-6-7-8-9-10-11-12-13-14-15-16-17-26(30)28-25(27(31)32)22-23-18-20-24(29)21-19-23;/h18-21,25,29H,2-17,22H2,1H3,(H,28,30)(H,31,32);/q;+1/p-1/t25-;/m0./s1. The van der Waals surface area contributed by atoms with E-state index >= 15 is 0 Å². The minimum absolute atomic E-state index is 0. The van der Waals surface area contributed by atoms with Gasteiger partial charge in [0.1, 0.15) is 5.75 Å². The minimum atomic E-state index is -1.29. The Labute approximate surface area is 223 Å². The Morgan fingerprint density at radius 3 is 1.64 bits per heavy atom. The van der Waals surface area contributed by atoms with Gasteiger partial charge in [0.15, 0.2) is 0 Å². The molecule has 0 aliphatic rings. The van der Waals surface area contributed by atoms with Gasteiger partial charge >= 0.3 is 29.6 Å². The number of amides is 1. The molecule has 0 bridgehead atoms. The zero-order chi connectivity index (χ0) is 23.4. The van der Waals surface area contributed by atoms with Crippen LogP contribution in [0.1, 0.15) is 115 Å². The third kappa shape index (κ3) is 18.0. The molecule has 0 fully saturated rings. The fourth-order valence-electron chi connectivity index (χ4n) is 3.98. The molecule has 0 radical (unpaired) electrons. The van der Waals surface area contributed by atoms with E-state index in [1.165, 1.54) is 89.2 Å². The summed E-state index contributed by atoms with van der Waals surface area (Å²) < 4.78 is 0. The number of phenolic OH excluding ortho intramolecular Hbond substituents is 1. The second-order valence-corrected chi connectivity index (χ2v) is 9.01. The Kier molecular flexibility index (Phi) is 20.8. The minimum Gasteiger partial charge on any atom is -0.548 e. The predicted molar refractivity (Wildman–Crippen MR) is 128 cm³/mol. The molecule has 0 heterocycles. The van der Waals surface area contributed by atoms with Crippen LogP contribution >= 0.6 is 0 Å². The van der Waals surface area contributed by atoms with Gasteiger partial charge in [0.25, 0.3) is 0 Å². The van der Waals surface area contributed by atoms with Crippen LogP contribution in [0.2, 0.25) is 0 Å². The van der Waals surface area contributed by atoms with E-state index in [4.69, 9.17) is 0 Å². The molecule has 1 aromatic rings. The SMILES string of the molecule is CCCCCCCCCCCCCCCCCC(=O)N[C@@H](Cc1ccc(O)cc1)C(=O)[O-].[Na+]. The van der Waals surface area contributed by atoms with Crippen LogP contribution in [-0.4, -0.2) is 23.0 Å². The van der Waals surface area contributed by atoms with Crippen molar-refractivity contribution in [1.29, 1.82) is 0 Å². The van der Waals surface area contributed by atoms with Crippen molar-refractivity contribution in [3.63, 3.8) is 0 Å². The van der Waals surface area contributed by atoms with Crippen LogP contribution in [-0.2, 0) is 16.0 Å². The molecule has 33 heavy (non-hydrogen) atoms. The van der Waals surface area contributed by atoms with Crippen molar-refractivity contribution in [2.75, 3.05) is 0 Å². The largest absolute Gasteiger partial charge is 1.00 e. The van der Waals surface area contributed by atoms with Gasteiger partial charge in [0.05, 0.1) is 12.0 Å². The van der Waals surface area contributed by atoms with Crippen LogP contribution in [0.3, 0.4) is 0 Å². The Hall–Kier alpha value is -1.04. The Morgan fingerprint density at radius 2 is 1.21 bits per heavy atom. The van der Waals surface area contributed by atoms with Crippen LogP contribution in [0, 0.1) is 0 Å². The number of carboxylic acids is 1. The van der Waals surface area contributed by atoms with Gasteiger partial charge in [-0.15, -0.1) is 0 Å². The van der Waals surface area contributed by atoms with Crippen molar-refractivity contribution in [1.82, 2.24) is 5.32 Å². The first-order valence-corrected chi connectivity index (χ1v) is 12.8. The molecule has 6 heteroatoms. The number of carbonyl (C=O) groups is 2. The third-order valence-electron chi connectivity index (χ3n) is 6.00. The summed E-state index contributed by atoms with van der Waals surface area (Å²) in [7, 11) is 0. The molecule has 0 aliphatic carbocycles. The molecule has 1 amide bonds. The maximum atomic E-state index is 12.1. The average molecular weight is 470 g/mol. The normalized spacial score (nSPS) is 11.5. The molecule has 0 saturated carbocycles. The molecule has 5 nitrogen and oxygen atoms in total. The van der Waals surface area contributed by atoms with Gasteiger partial charge in [0, 0.05) is 6.42 Å². The molecule has 1 atom stereocenters. The monoisotopic (exact) mass is 469 g/mol. The van der Waals surface area contributed by atoms with E-state index in [2.05, 4.69) is 12.2 Å². The number of hydrogen-bond donors (Lipinski definition) is 2. The van der Waals surface area contributed by atoms with Gasteiger partial charge in [-0.05, 0) is 30.5 Å². The third-order valence-corrected chi connectivity index (χ3v) is 6.00. The van der Waals surface area contributed by atoms with E-state index in [0.717, 1.165) is 24.8 Å². The van der Waals surface area contributed by atoms with E-state index in [-0.39, 0.29) is 47.6 Å². The molecular weight excluding hydrogens is 425 g/mol. The number of phenols is 1. The molecule has 0 aromatic heterocycles. The summed E-state index contributed by atoms with van der Waals surface area (Å²) in [5.41, 5.74) is 0.726. The second kappa shape index (κ2) is 21.5. The first-order chi connectivity index (χ1) is 15.5. The van der Waals surface area contributed by atoms with Gasteiger partial charge in [0.2, 0.25) is 5.91 Å². The summed E-state index contributed by atoms with van der Waals surface area (Å²) in [6, 6.07) is 5.24. The fraction of sp³-hybridized carbons (Fsp3) is 0.704. The van der Waals surface area contributed by atoms with Gasteiger partial charge in [-0.25, -0.2) is 0 Å². The van der Waals surface area contributed by atoms with Crippen LogP contribution in [0.25, 0.3) is 0 Å². The van der Waals surface area contributed by atoms with Crippen molar-refractivity contribution in [3.05, 3.63) is 29.8 Å². The summed E-state index contributed by atoms with van der Waals surface area (Å²) in [5.74, 6) is -1.41. The number of aromatic hydroxyl groups is 1. The molecule has 182 valence electrons. The fourth-order valence-corrected chi connectivity index (χ4v) is 3.98.